The Morgan fingerprint density at radius 3 is 2.00 bits per heavy atom. The Morgan fingerprint density at radius 2 is 1.73 bits per heavy atom. The summed E-state index contributed by atoms with van der Waals surface area (Å²) >= 11 is 0. The summed E-state index contributed by atoms with van der Waals surface area (Å²) < 4.78 is 0. The van der Waals surface area contributed by atoms with Crippen molar-refractivity contribution in [2.24, 2.45) is 5.92 Å². The standard InChI is InChI=1S/C10H18O/c1-5-10(6-2)7-8(3)9(4)11/h7,10H,5-6H2,1-4H3/b8-7-. The van der Waals surface area contributed by atoms with Gasteiger partial charge < -0.3 is 0 Å². The number of rotatable bonds is 4. The summed E-state index contributed by atoms with van der Waals surface area (Å²) in [4.78, 5) is 10.8. The van der Waals surface area contributed by atoms with Crippen molar-refractivity contribution in [2.45, 2.75) is 40.5 Å². The SMILES string of the molecule is CCC(/C=C(/C)C(C)=O)CC. The lowest BCUT2D eigenvalue weighted by atomic mass is 9.99. The van der Waals surface area contributed by atoms with Crippen molar-refractivity contribution in [3.8, 4) is 0 Å². The smallest absolute Gasteiger partial charge is 0.155 e. The van der Waals surface area contributed by atoms with Gasteiger partial charge in [0, 0.05) is 0 Å². The van der Waals surface area contributed by atoms with Crippen molar-refractivity contribution in [2.75, 3.05) is 0 Å². The van der Waals surface area contributed by atoms with Crippen LogP contribution in [0.15, 0.2) is 11.6 Å². The first-order chi connectivity index (χ1) is 5.11. The molecular formula is C10H18O. The van der Waals surface area contributed by atoms with Crippen LogP contribution < -0.4 is 0 Å². The highest BCUT2D eigenvalue weighted by molar-refractivity contribution is 5.92. The molecule has 0 aromatic carbocycles. The number of hydrogen-bond acceptors (Lipinski definition) is 1. The molecule has 1 nitrogen and oxygen atoms in total. The van der Waals surface area contributed by atoms with Crippen molar-refractivity contribution in [1.29, 1.82) is 0 Å². The highest BCUT2D eigenvalue weighted by Gasteiger charge is 2.01. The molecule has 11 heavy (non-hydrogen) atoms. The first-order valence-corrected chi connectivity index (χ1v) is 4.31. The fraction of sp³-hybridized carbons (Fsp3) is 0.700. The third-order valence-electron chi connectivity index (χ3n) is 2.09. The van der Waals surface area contributed by atoms with Crippen LogP contribution in [0.5, 0.6) is 0 Å². The van der Waals surface area contributed by atoms with Crippen molar-refractivity contribution < 1.29 is 4.79 Å². The van der Waals surface area contributed by atoms with Gasteiger partial charge in [0.25, 0.3) is 0 Å². The van der Waals surface area contributed by atoms with E-state index in [1.807, 2.05) is 6.92 Å². The fourth-order valence-corrected chi connectivity index (χ4v) is 0.995. The van der Waals surface area contributed by atoms with E-state index in [9.17, 15) is 4.79 Å². The molecule has 0 aromatic heterocycles. The molecule has 0 atom stereocenters. The minimum absolute atomic E-state index is 0.192. The summed E-state index contributed by atoms with van der Waals surface area (Å²) in [5, 5.41) is 0. The number of carbonyl (C=O) groups excluding carboxylic acids is 1. The van der Waals surface area contributed by atoms with Crippen LogP contribution in [0.25, 0.3) is 0 Å². The summed E-state index contributed by atoms with van der Waals surface area (Å²) in [6.45, 7) is 7.81. The zero-order valence-corrected chi connectivity index (χ0v) is 7.98. The largest absolute Gasteiger partial charge is 0.295 e. The van der Waals surface area contributed by atoms with Gasteiger partial charge in [0.1, 0.15) is 0 Å². The minimum atomic E-state index is 0.192. The number of carbonyl (C=O) groups is 1. The van der Waals surface area contributed by atoms with Crippen LogP contribution in [0, 0.1) is 5.92 Å². The fourth-order valence-electron chi connectivity index (χ4n) is 0.995. The molecule has 0 aliphatic rings. The topological polar surface area (TPSA) is 17.1 Å². The minimum Gasteiger partial charge on any atom is -0.295 e. The van der Waals surface area contributed by atoms with E-state index in [1.165, 1.54) is 0 Å². The van der Waals surface area contributed by atoms with E-state index >= 15 is 0 Å². The van der Waals surface area contributed by atoms with Crippen LogP contribution in [-0.4, -0.2) is 5.78 Å². The molecule has 0 radical (unpaired) electrons. The monoisotopic (exact) mass is 154 g/mol. The average molecular weight is 154 g/mol. The summed E-state index contributed by atoms with van der Waals surface area (Å²) in [5.41, 5.74) is 0.902. The van der Waals surface area contributed by atoms with Crippen LogP contribution >= 0.6 is 0 Å². The lowest BCUT2D eigenvalue weighted by Gasteiger charge is -2.06. The van der Waals surface area contributed by atoms with Gasteiger partial charge in [0.05, 0.1) is 0 Å². The Kier molecular flexibility index (Phi) is 4.84. The summed E-state index contributed by atoms with van der Waals surface area (Å²) in [6, 6.07) is 0. The molecule has 0 aromatic rings. The molecular weight excluding hydrogens is 136 g/mol. The summed E-state index contributed by atoms with van der Waals surface area (Å²) in [6.07, 6.45) is 4.34. The predicted octanol–water partition coefficient (Wildman–Crippen LogP) is 2.96. The van der Waals surface area contributed by atoms with Crippen LogP contribution in [0.3, 0.4) is 0 Å². The van der Waals surface area contributed by atoms with Crippen molar-refractivity contribution in [1.82, 2.24) is 0 Å². The van der Waals surface area contributed by atoms with Crippen LogP contribution in [0.4, 0.5) is 0 Å². The molecule has 0 heterocycles. The van der Waals surface area contributed by atoms with Gasteiger partial charge in [-0.15, -0.1) is 0 Å². The van der Waals surface area contributed by atoms with Gasteiger partial charge in [0.15, 0.2) is 5.78 Å². The molecule has 64 valence electrons. The zero-order chi connectivity index (χ0) is 8.85. The normalized spacial score (nSPS) is 12.3. The molecule has 0 rings (SSSR count). The molecule has 0 amide bonds. The number of Topliss-reactive ketones (excluding diaryl/α,β-unsaturated/α-hetero) is 1. The van der Waals surface area contributed by atoms with Gasteiger partial charge in [0.2, 0.25) is 0 Å². The second-order valence-corrected chi connectivity index (χ2v) is 2.98. The van der Waals surface area contributed by atoms with Gasteiger partial charge in [-0.25, -0.2) is 0 Å². The lowest BCUT2D eigenvalue weighted by Crippen LogP contribution is -1.98. The van der Waals surface area contributed by atoms with E-state index in [1.54, 1.807) is 6.92 Å². The van der Waals surface area contributed by atoms with Gasteiger partial charge in [-0.2, -0.15) is 0 Å². The summed E-state index contributed by atoms with van der Waals surface area (Å²) in [5.74, 6) is 0.774. The van der Waals surface area contributed by atoms with E-state index in [4.69, 9.17) is 0 Å². The molecule has 0 aliphatic carbocycles. The highest BCUT2D eigenvalue weighted by atomic mass is 16.1. The Bertz CT molecular complexity index is 152. The first kappa shape index (κ1) is 10.4. The van der Waals surface area contributed by atoms with E-state index in [0.717, 1.165) is 18.4 Å². The van der Waals surface area contributed by atoms with Gasteiger partial charge in [-0.3, -0.25) is 4.79 Å². The van der Waals surface area contributed by atoms with Crippen molar-refractivity contribution in [3.63, 3.8) is 0 Å². The van der Waals surface area contributed by atoms with Gasteiger partial charge >= 0.3 is 0 Å². The van der Waals surface area contributed by atoms with Gasteiger partial charge in [-0.1, -0.05) is 19.9 Å². The second kappa shape index (κ2) is 5.11. The maximum Gasteiger partial charge on any atom is 0.155 e. The molecule has 0 spiro atoms. The third-order valence-corrected chi connectivity index (χ3v) is 2.09. The van der Waals surface area contributed by atoms with E-state index in [-0.39, 0.29) is 5.78 Å². The van der Waals surface area contributed by atoms with E-state index in [0.29, 0.717) is 5.92 Å². The molecule has 0 aliphatic heterocycles. The predicted molar refractivity (Wildman–Crippen MR) is 48.5 cm³/mol. The van der Waals surface area contributed by atoms with Crippen molar-refractivity contribution in [3.05, 3.63) is 11.6 Å². The Labute approximate surface area is 69.5 Å². The van der Waals surface area contributed by atoms with E-state index in [2.05, 4.69) is 19.9 Å². The Morgan fingerprint density at radius 1 is 1.27 bits per heavy atom. The lowest BCUT2D eigenvalue weighted by molar-refractivity contribution is -0.113. The van der Waals surface area contributed by atoms with Crippen molar-refractivity contribution >= 4 is 5.78 Å². The third kappa shape index (κ3) is 3.97. The molecule has 1 heteroatoms. The quantitative estimate of drug-likeness (QED) is 0.569. The van der Waals surface area contributed by atoms with Gasteiger partial charge in [-0.05, 0) is 38.2 Å². The average Bonchev–Trinajstić information content (AvgIpc) is 1.99. The number of hydrogen-bond donors (Lipinski definition) is 0. The molecule has 0 fully saturated rings. The van der Waals surface area contributed by atoms with Crippen LogP contribution in [0.2, 0.25) is 0 Å². The number of allylic oxidation sites excluding steroid dienone is 2. The maximum atomic E-state index is 10.8. The maximum absolute atomic E-state index is 10.8. The van der Waals surface area contributed by atoms with Crippen LogP contribution in [-0.2, 0) is 4.79 Å². The Hall–Kier alpha value is -0.590. The number of ketones is 1. The molecule has 0 saturated heterocycles. The Balaban J connectivity index is 4.14. The highest BCUT2D eigenvalue weighted by Crippen LogP contribution is 2.11. The molecule has 0 bridgehead atoms. The van der Waals surface area contributed by atoms with E-state index < -0.39 is 0 Å². The molecule has 0 saturated carbocycles. The molecule has 0 N–H and O–H groups in total. The van der Waals surface area contributed by atoms with Crippen LogP contribution in [0.1, 0.15) is 40.5 Å². The molecule has 0 unspecified atom stereocenters. The summed E-state index contributed by atoms with van der Waals surface area (Å²) in [7, 11) is 0. The second-order valence-electron chi connectivity index (χ2n) is 2.98. The zero-order valence-electron chi connectivity index (χ0n) is 7.98. The first-order valence-electron chi connectivity index (χ1n) is 4.31.